The Hall–Kier alpha value is -3.41. The SMILES string of the molecule is CCCC1Cc2cc(/C=C/C(=O)N(C)CC3=C(C)c4ccccc4OC3)cnc2NC1=O. The first-order valence-corrected chi connectivity index (χ1v) is 11.1. The van der Waals surface area contributed by atoms with Gasteiger partial charge in [0.2, 0.25) is 11.8 Å². The molecular formula is C26H29N3O3. The van der Waals surface area contributed by atoms with Gasteiger partial charge >= 0.3 is 0 Å². The normalized spacial score (nSPS) is 17.5. The van der Waals surface area contributed by atoms with Crippen LogP contribution in [-0.2, 0) is 16.0 Å². The van der Waals surface area contributed by atoms with Crippen LogP contribution in [0.3, 0.4) is 0 Å². The summed E-state index contributed by atoms with van der Waals surface area (Å²) in [6.45, 7) is 5.16. The number of anilines is 1. The number of hydrogen-bond acceptors (Lipinski definition) is 4. The van der Waals surface area contributed by atoms with Crippen molar-refractivity contribution in [3.8, 4) is 5.75 Å². The van der Waals surface area contributed by atoms with E-state index in [1.807, 2.05) is 30.3 Å². The van der Waals surface area contributed by atoms with E-state index in [1.165, 1.54) is 0 Å². The molecule has 0 fully saturated rings. The van der Waals surface area contributed by atoms with Gasteiger partial charge in [-0.1, -0.05) is 31.5 Å². The van der Waals surface area contributed by atoms with Gasteiger partial charge in [0.15, 0.2) is 0 Å². The molecule has 0 aliphatic carbocycles. The maximum Gasteiger partial charge on any atom is 0.246 e. The van der Waals surface area contributed by atoms with E-state index in [0.717, 1.165) is 46.4 Å². The van der Waals surface area contributed by atoms with Crippen LogP contribution in [0.15, 0.2) is 48.2 Å². The Morgan fingerprint density at radius 2 is 2.16 bits per heavy atom. The molecule has 6 nitrogen and oxygen atoms in total. The average molecular weight is 432 g/mol. The number of pyridine rings is 1. The summed E-state index contributed by atoms with van der Waals surface area (Å²) in [5.74, 6) is 1.47. The molecule has 3 heterocycles. The molecule has 2 aliphatic heterocycles. The quantitative estimate of drug-likeness (QED) is 0.691. The van der Waals surface area contributed by atoms with Crippen LogP contribution in [0.2, 0.25) is 0 Å². The van der Waals surface area contributed by atoms with E-state index in [9.17, 15) is 9.59 Å². The molecule has 6 heteroatoms. The van der Waals surface area contributed by atoms with Gasteiger partial charge in [-0.3, -0.25) is 9.59 Å². The first kappa shape index (κ1) is 21.8. The Morgan fingerprint density at radius 1 is 1.34 bits per heavy atom. The molecular weight excluding hydrogens is 402 g/mol. The van der Waals surface area contributed by atoms with Crippen LogP contribution in [0.1, 0.15) is 43.4 Å². The highest BCUT2D eigenvalue weighted by Gasteiger charge is 2.26. The zero-order chi connectivity index (χ0) is 22.7. The van der Waals surface area contributed by atoms with Gasteiger partial charge in [-0.25, -0.2) is 4.98 Å². The molecule has 0 saturated heterocycles. The number of amides is 2. The predicted octanol–water partition coefficient (Wildman–Crippen LogP) is 4.33. The summed E-state index contributed by atoms with van der Waals surface area (Å²) in [5, 5.41) is 2.90. The van der Waals surface area contributed by atoms with Crippen LogP contribution in [0.4, 0.5) is 5.82 Å². The van der Waals surface area contributed by atoms with E-state index in [0.29, 0.717) is 25.4 Å². The van der Waals surface area contributed by atoms with Crippen molar-refractivity contribution in [3.63, 3.8) is 0 Å². The molecule has 1 atom stereocenters. The maximum absolute atomic E-state index is 12.7. The average Bonchev–Trinajstić information content (AvgIpc) is 2.80. The number of allylic oxidation sites excluding steroid dienone is 1. The first-order valence-electron chi connectivity index (χ1n) is 11.1. The molecule has 2 aliphatic rings. The number of para-hydroxylation sites is 1. The zero-order valence-corrected chi connectivity index (χ0v) is 18.9. The maximum atomic E-state index is 12.7. The molecule has 1 unspecified atom stereocenters. The number of likely N-dealkylation sites (N-methyl/N-ethyl adjacent to an activating group) is 1. The molecule has 0 spiro atoms. The van der Waals surface area contributed by atoms with Crippen molar-refractivity contribution in [2.75, 3.05) is 25.5 Å². The molecule has 1 N–H and O–H groups in total. The Kier molecular flexibility index (Phi) is 6.40. The van der Waals surface area contributed by atoms with Crippen LogP contribution in [0.25, 0.3) is 11.6 Å². The lowest BCUT2D eigenvalue weighted by Crippen LogP contribution is -2.30. The minimum absolute atomic E-state index is 0.0133. The number of ether oxygens (including phenoxy) is 1. The highest BCUT2D eigenvalue weighted by atomic mass is 16.5. The number of rotatable bonds is 6. The Morgan fingerprint density at radius 3 is 2.97 bits per heavy atom. The van der Waals surface area contributed by atoms with E-state index >= 15 is 0 Å². The largest absolute Gasteiger partial charge is 0.489 e. The Balaban J connectivity index is 1.43. The summed E-state index contributed by atoms with van der Waals surface area (Å²) in [6.07, 6.45) is 7.55. The summed E-state index contributed by atoms with van der Waals surface area (Å²) < 4.78 is 5.85. The number of hydrogen-bond donors (Lipinski definition) is 1. The fourth-order valence-electron chi connectivity index (χ4n) is 4.24. The standard InChI is InChI=1S/C26H29N3O3/c1-4-7-19-13-20-12-18(14-27-25(20)28-26(19)31)10-11-24(30)29(3)15-21-16-32-23-9-6-5-8-22(23)17(21)2/h5-6,8-12,14,19H,4,7,13,15-16H2,1-3H3,(H,27,28,31)/b11-10+. The van der Waals surface area contributed by atoms with Crippen LogP contribution >= 0.6 is 0 Å². The van der Waals surface area contributed by atoms with Crippen molar-refractivity contribution >= 4 is 29.3 Å². The van der Waals surface area contributed by atoms with E-state index in [4.69, 9.17) is 4.74 Å². The third kappa shape index (κ3) is 4.59. The topological polar surface area (TPSA) is 71.5 Å². The van der Waals surface area contributed by atoms with Crippen LogP contribution in [0.5, 0.6) is 5.75 Å². The van der Waals surface area contributed by atoms with Gasteiger partial charge in [0.1, 0.15) is 18.2 Å². The fourth-order valence-corrected chi connectivity index (χ4v) is 4.24. The van der Waals surface area contributed by atoms with Crippen molar-refractivity contribution in [1.29, 1.82) is 0 Å². The molecule has 2 amide bonds. The lowest BCUT2D eigenvalue weighted by atomic mass is 9.91. The summed E-state index contributed by atoms with van der Waals surface area (Å²) in [6, 6.07) is 9.98. The number of aromatic nitrogens is 1. The molecule has 0 bridgehead atoms. The first-order chi connectivity index (χ1) is 15.5. The summed E-state index contributed by atoms with van der Waals surface area (Å²) in [5.41, 5.74) is 5.21. The molecule has 4 rings (SSSR count). The highest BCUT2D eigenvalue weighted by Crippen LogP contribution is 2.32. The summed E-state index contributed by atoms with van der Waals surface area (Å²) in [4.78, 5) is 30.9. The third-order valence-electron chi connectivity index (χ3n) is 6.15. The number of fused-ring (bicyclic) bond motifs is 2. The van der Waals surface area contributed by atoms with E-state index in [1.54, 1.807) is 30.3 Å². The Labute approximate surface area is 189 Å². The molecule has 2 aromatic rings. The van der Waals surface area contributed by atoms with Gasteiger partial charge in [-0.05, 0) is 60.2 Å². The smallest absolute Gasteiger partial charge is 0.246 e. The number of nitrogens with one attached hydrogen (secondary N) is 1. The minimum Gasteiger partial charge on any atom is -0.489 e. The van der Waals surface area contributed by atoms with Crippen molar-refractivity contribution < 1.29 is 14.3 Å². The van der Waals surface area contributed by atoms with E-state index < -0.39 is 0 Å². The monoisotopic (exact) mass is 431 g/mol. The number of carbonyl (C=O) groups excluding carboxylic acids is 2. The van der Waals surface area contributed by atoms with Gasteiger partial charge in [0.25, 0.3) is 0 Å². The number of nitrogens with zero attached hydrogens (tertiary/aromatic N) is 2. The third-order valence-corrected chi connectivity index (χ3v) is 6.15. The molecule has 1 aromatic carbocycles. The van der Waals surface area contributed by atoms with Crippen molar-refractivity contribution in [1.82, 2.24) is 9.88 Å². The van der Waals surface area contributed by atoms with Crippen LogP contribution in [0, 0.1) is 5.92 Å². The van der Waals surface area contributed by atoms with Gasteiger partial charge in [-0.15, -0.1) is 0 Å². The molecule has 0 saturated carbocycles. The molecule has 1 aromatic heterocycles. The second-order valence-electron chi connectivity index (χ2n) is 8.50. The highest BCUT2D eigenvalue weighted by molar-refractivity contribution is 5.95. The van der Waals surface area contributed by atoms with Crippen LogP contribution < -0.4 is 10.1 Å². The Bertz CT molecular complexity index is 1100. The summed E-state index contributed by atoms with van der Waals surface area (Å²) in [7, 11) is 1.80. The van der Waals surface area contributed by atoms with Crippen molar-refractivity contribution in [2.24, 2.45) is 5.92 Å². The van der Waals surface area contributed by atoms with E-state index in [2.05, 4.69) is 24.1 Å². The second-order valence-corrected chi connectivity index (χ2v) is 8.50. The lowest BCUT2D eigenvalue weighted by Gasteiger charge is -2.25. The second kappa shape index (κ2) is 9.39. The van der Waals surface area contributed by atoms with Gasteiger partial charge < -0.3 is 15.0 Å². The minimum atomic E-state index is -0.0842. The van der Waals surface area contributed by atoms with Crippen molar-refractivity contribution in [3.05, 3.63) is 64.9 Å². The molecule has 0 radical (unpaired) electrons. The van der Waals surface area contributed by atoms with Gasteiger partial charge in [-0.2, -0.15) is 0 Å². The predicted molar refractivity (Wildman–Crippen MR) is 126 cm³/mol. The van der Waals surface area contributed by atoms with Gasteiger partial charge in [0, 0.05) is 37.3 Å². The lowest BCUT2D eigenvalue weighted by molar-refractivity contribution is -0.124. The van der Waals surface area contributed by atoms with Crippen LogP contribution in [-0.4, -0.2) is 41.9 Å². The van der Waals surface area contributed by atoms with Gasteiger partial charge in [0.05, 0.1) is 0 Å². The molecule has 32 heavy (non-hydrogen) atoms. The van der Waals surface area contributed by atoms with Crippen molar-refractivity contribution in [2.45, 2.75) is 33.1 Å². The summed E-state index contributed by atoms with van der Waals surface area (Å²) >= 11 is 0. The van der Waals surface area contributed by atoms with E-state index in [-0.39, 0.29) is 17.7 Å². The molecule has 166 valence electrons. The number of benzene rings is 1. The fraction of sp³-hybridized carbons (Fsp3) is 0.346. The zero-order valence-electron chi connectivity index (χ0n) is 18.9. The number of carbonyl (C=O) groups is 2.